The Bertz CT molecular complexity index is 197. The first-order valence-electron chi connectivity index (χ1n) is 7.62. The summed E-state index contributed by atoms with van der Waals surface area (Å²) in [6.45, 7) is 12.3. The molecule has 0 amide bonds. The van der Waals surface area contributed by atoms with Crippen molar-refractivity contribution in [2.24, 2.45) is 5.92 Å². The quantitative estimate of drug-likeness (QED) is 0.464. The molecule has 0 N–H and O–H groups in total. The third-order valence-electron chi connectivity index (χ3n) is 4.13. The van der Waals surface area contributed by atoms with E-state index in [0.717, 1.165) is 12.0 Å². The molecule has 1 aliphatic rings. The second-order valence-corrected chi connectivity index (χ2v) is 7.51. The minimum Gasteiger partial charge on any atom is -0.259 e. The first-order valence-corrected chi connectivity index (χ1v) is 8.56. The summed E-state index contributed by atoms with van der Waals surface area (Å²) in [5, 5.41) is 0. The number of quaternary nitrogens is 1. The highest BCUT2D eigenvalue weighted by Gasteiger charge is 2.36. The van der Waals surface area contributed by atoms with Gasteiger partial charge in [0.15, 0.2) is 0 Å². The molecule has 0 saturated carbocycles. The molecular weight excluding hydrogens is 226 g/mol. The van der Waals surface area contributed by atoms with Crippen LogP contribution in [0.15, 0.2) is 0 Å². The van der Waals surface area contributed by atoms with Gasteiger partial charge < -0.3 is 0 Å². The molecule has 0 aromatic rings. The molecule has 1 rings (SSSR count). The largest absolute Gasteiger partial charge is 0.259 e. The number of nitrogens with zero attached hydrogens (tertiary/aromatic N) is 1. The van der Waals surface area contributed by atoms with Gasteiger partial charge in [-0.1, -0.05) is 27.2 Å². The fraction of sp³-hybridized carbons (Fsp3) is 1.00. The predicted molar refractivity (Wildman–Crippen MR) is 80.1 cm³/mol. The van der Waals surface area contributed by atoms with Crippen LogP contribution in [0.25, 0.3) is 0 Å². The Morgan fingerprint density at radius 2 is 1.65 bits per heavy atom. The van der Waals surface area contributed by atoms with Crippen molar-refractivity contribution in [1.29, 1.82) is 0 Å². The fourth-order valence-electron chi connectivity index (χ4n) is 2.87. The molecule has 1 nitrogen and oxygen atoms in total. The highest BCUT2D eigenvalue weighted by molar-refractivity contribution is 7.93. The lowest BCUT2D eigenvalue weighted by molar-refractivity contribution is -0.826. The van der Waals surface area contributed by atoms with Gasteiger partial charge in [-0.2, -0.15) is 0 Å². The van der Waals surface area contributed by atoms with E-state index in [1.165, 1.54) is 61.3 Å². The van der Waals surface area contributed by atoms with Crippen LogP contribution >= 0.6 is 11.9 Å². The maximum atomic E-state index is 2.48. The van der Waals surface area contributed by atoms with E-state index in [1.54, 1.807) is 0 Å². The minimum absolute atomic E-state index is 0.855. The van der Waals surface area contributed by atoms with Gasteiger partial charge in [0.05, 0.1) is 31.1 Å². The van der Waals surface area contributed by atoms with Gasteiger partial charge in [0.1, 0.15) is 0 Å². The number of rotatable bonds is 7. The van der Waals surface area contributed by atoms with Crippen molar-refractivity contribution in [2.45, 2.75) is 72.3 Å². The van der Waals surface area contributed by atoms with Crippen LogP contribution in [0.5, 0.6) is 0 Å². The van der Waals surface area contributed by atoms with Gasteiger partial charge in [0.2, 0.25) is 0 Å². The number of piperidine rings is 1. The monoisotopic (exact) mass is 258 g/mol. The van der Waals surface area contributed by atoms with Gasteiger partial charge in [0.25, 0.3) is 0 Å². The molecule has 0 spiro atoms. The second kappa shape index (κ2) is 7.68. The van der Waals surface area contributed by atoms with Gasteiger partial charge in [-0.25, -0.2) is 0 Å². The van der Waals surface area contributed by atoms with E-state index in [1.807, 2.05) is 0 Å². The first-order chi connectivity index (χ1) is 8.10. The van der Waals surface area contributed by atoms with Crippen LogP contribution in [0.3, 0.4) is 0 Å². The van der Waals surface area contributed by atoms with Gasteiger partial charge in [-0.15, -0.1) is 0 Å². The van der Waals surface area contributed by atoms with Crippen molar-refractivity contribution >= 4 is 11.9 Å². The highest BCUT2D eigenvalue weighted by atomic mass is 32.2. The summed E-state index contributed by atoms with van der Waals surface area (Å²) in [6, 6.07) is 0.859. The Labute approximate surface area is 113 Å². The number of likely N-dealkylation sites (tertiary alicyclic amines) is 1. The lowest BCUT2D eigenvalue weighted by Crippen LogP contribution is -2.51. The maximum Gasteiger partial charge on any atom is 0.0967 e. The smallest absolute Gasteiger partial charge is 0.0967 e. The number of hydrogen-bond acceptors (Lipinski definition) is 1. The summed E-state index contributed by atoms with van der Waals surface area (Å²) >= 11 is 2.26. The second-order valence-electron chi connectivity index (χ2n) is 6.11. The van der Waals surface area contributed by atoms with Crippen molar-refractivity contribution < 1.29 is 3.89 Å². The average molecular weight is 258 g/mol. The maximum absolute atomic E-state index is 2.48. The van der Waals surface area contributed by atoms with Gasteiger partial charge in [-0.05, 0) is 44.9 Å². The first kappa shape index (κ1) is 15.4. The van der Waals surface area contributed by atoms with Crippen molar-refractivity contribution in [3.63, 3.8) is 0 Å². The van der Waals surface area contributed by atoms with Crippen molar-refractivity contribution in [3.8, 4) is 0 Å². The van der Waals surface area contributed by atoms with E-state index < -0.39 is 0 Å². The Morgan fingerprint density at radius 3 is 2.18 bits per heavy atom. The Balaban J connectivity index is 2.51. The van der Waals surface area contributed by atoms with E-state index in [0.29, 0.717) is 0 Å². The zero-order valence-corrected chi connectivity index (χ0v) is 13.2. The molecule has 17 heavy (non-hydrogen) atoms. The van der Waals surface area contributed by atoms with E-state index >= 15 is 0 Å². The summed E-state index contributed by atoms with van der Waals surface area (Å²) < 4.78 is 1.36. The third-order valence-corrected chi connectivity index (χ3v) is 5.78. The van der Waals surface area contributed by atoms with E-state index in [9.17, 15) is 0 Å². The molecule has 0 aromatic carbocycles. The molecule has 102 valence electrons. The van der Waals surface area contributed by atoms with E-state index in [4.69, 9.17) is 0 Å². The molecule has 0 aromatic heterocycles. The van der Waals surface area contributed by atoms with E-state index in [-0.39, 0.29) is 0 Å². The van der Waals surface area contributed by atoms with Crippen LogP contribution in [0.4, 0.5) is 0 Å². The molecule has 1 atom stereocenters. The molecule has 0 bridgehead atoms. The fourth-order valence-corrected chi connectivity index (χ4v) is 4.68. The van der Waals surface area contributed by atoms with Crippen LogP contribution in [0.1, 0.15) is 66.2 Å². The molecule has 1 heterocycles. The lowest BCUT2D eigenvalue weighted by Gasteiger charge is -2.44. The van der Waals surface area contributed by atoms with E-state index in [2.05, 4.69) is 39.6 Å². The Morgan fingerprint density at radius 1 is 1.00 bits per heavy atom. The molecule has 0 aliphatic carbocycles. The van der Waals surface area contributed by atoms with Crippen LogP contribution in [-0.2, 0) is 0 Å². The van der Waals surface area contributed by atoms with Gasteiger partial charge in [-0.3, -0.25) is 3.89 Å². The van der Waals surface area contributed by atoms with Gasteiger partial charge in [0, 0.05) is 5.75 Å². The minimum atomic E-state index is 0.855. The molecule has 1 saturated heterocycles. The summed E-state index contributed by atoms with van der Waals surface area (Å²) in [4.78, 5) is 0. The van der Waals surface area contributed by atoms with Crippen LogP contribution < -0.4 is 0 Å². The normalized spacial score (nSPS) is 21.7. The van der Waals surface area contributed by atoms with Crippen molar-refractivity contribution in [2.75, 3.05) is 18.8 Å². The highest BCUT2D eigenvalue weighted by Crippen LogP contribution is 2.35. The molecular formula is C15H32NS+. The summed E-state index contributed by atoms with van der Waals surface area (Å²) in [6.07, 6.45) is 8.47. The SMILES string of the molecule is CCCC(C)[N+]1(SCCC(C)C)CCCCC1. The topological polar surface area (TPSA) is 0 Å². The average Bonchev–Trinajstić information content (AvgIpc) is 2.30. The zero-order valence-electron chi connectivity index (χ0n) is 12.4. The summed E-state index contributed by atoms with van der Waals surface area (Å²) in [5.74, 6) is 2.21. The summed E-state index contributed by atoms with van der Waals surface area (Å²) in [5.41, 5.74) is 0. The van der Waals surface area contributed by atoms with Crippen molar-refractivity contribution in [1.82, 2.24) is 0 Å². The standard InChI is InChI=1S/C15H32NS/c1-5-9-15(4)16(11-7-6-8-12-16)17-13-10-14(2)3/h14-15H,5-13H2,1-4H3/q+1. The van der Waals surface area contributed by atoms with Crippen LogP contribution in [0.2, 0.25) is 0 Å². The number of hydrogen-bond donors (Lipinski definition) is 0. The Kier molecular flexibility index (Phi) is 6.94. The Hall–Kier alpha value is 0.310. The third kappa shape index (κ3) is 4.82. The lowest BCUT2D eigenvalue weighted by atomic mass is 10.1. The molecule has 0 radical (unpaired) electrons. The van der Waals surface area contributed by atoms with Gasteiger partial charge >= 0.3 is 0 Å². The molecule has 1 unspecified atom stereocenters. The predicted octanol–water partition coefficient (Wildman–Crippen LogP) is 4.87. The summed E-state index contributed by atoms with van der Waals surface area (Å²) in [7, 11) is 0. The molecule has 1 aliphatic heterocycles. The van der Waals surface area contributed by atoms with Crippen LogP contribution in [0, 0.1) is 5.92 Å². The van der Waals surface area contributed by atoms with Crippen LogP contribution in [-0.4, -0.2) is 28.8 Å². The molecule has 1 fully saturated rings. The molecule has 2 heteroatoms. The zero-order chi connectivity index (χ0) is 12.7. The van der Waals surface area contributed by atoms with Crippen molar-refractivity contribution in [3.05, 3.63) is 0 Å².